The molecule has 1 atom stereocenters. The molecule has 2 saturated carbocycles. The van der Waals surface area contributed by atoms with Gasteiger partial charge in [-0.25, -0.2) is 0 Å². The Morgan fingerprint density at radius 1 is 1.19 bits per heavy atom. The first-order valence-corrected chi connectivity index (χ1v) is 8.19. The van der Waals surface area contributed by atoms with E-state index in [9.17, 15) is 9.59 Å². The van der Waals surface area contributed by atoms with Crippen molar-refractivity contribution in [2.75, 3.05) is 19.7 Å². The average Bonchev–Trinajstić information content (AvgIpc) is 2.96. The molecule has 0 aromatic heterocycles. The zero-order chi connectivity index (χ0) is 15.1. The second kappa shape index (κ2) is 5.27. The first kappa shape index (κ1) is 14.8. The van der Waals surface area contributed by atoms with Crippen LogP contribution >= 0.6 is 0 Å². The highest BCUT2D eigenvalue weighted by Crippen LogP contribution is 2.59. The molecule has 118 valence electrons. The number of aliphatic carboxylic acids is 1. The van der Waals surface area contributed by atoms with Gasteiger partial charge in [-0.2, -0.15) is 0 Å². The van der Waals surface area contributed by atoms with E-state index in [-0.39, 0.29) is 17.2 Å². The standard InChI is InChI=1S/C16H25NO4/c1-2-21-16(5-3-4-6-16)14(20)17-9-7-15(8-10-17)11-12(15)13(18)19/h12H,2-11H2,1H3,(H,18,19). The van der Waals surface area contributed by atoms with Crippen LogP contribution in [0.5, 0.6) is 0 Å². The van der Waals surface area contributed by atoms with Crippen LogP contribution < -0.4 is 0 Å². The van der Waals surface area contributed by atoms with E-state index >= 15 is 0 Å². The van der Waals surface area contributed by atoms with E-state index in [1.807, 2.05) is 11.8 Å². The monoisotopic (exact) mass is 295 g/mol. The van der Waals surface area contributed by atoms with Gasteiger partial charge in [-0.1, -0.05) is 0 Å². The molecule has 21 heavy (non-hydrogen) atoms. The first-order valence-electron chi connectivity index (χ1n) is 8.19. The largest absolute Gasteiger partial charge is 0.481 e. The van der Waals surface area contributed by atoms with Gasteiger partial charge < -0.3 is 14.7 Å². The highest BCUT2D eigenvalue weighted by molar-refractivity contribution is 5.86. The minimum Gasteiger partial charge on any atom is -0.481 e. The van der Waals surface area contributed by atoms with Gasteiger partial charge in [0.15, 0.2) is 0 Å². The van der Waals surface area contributed by atoms with Gasteiger partial charge in [-0.05, 0) is 57.3 Å². The molecule has 3 aliphatic rings. The summed E-state index contributed by atoms with van der Waals surface area (Å²) in [6.07, 6.45) is 6.24. The predicted molar refractivity (Wildman–Crippen MR) is 76.8 cm³/mol. The maximum absolute atomic E-state index is 12.8. The second-order valence-corrected chi connectivity index (χ2v) is 6.88. The van der Waals surface area contributed by atoms with Crippen molar-refractivity contribution < 1.29 is 19.4 Å². The number of nitrogens with zero attached hydrogens (tertiary/aromatic N) is 1. The quantitative estimate of drug-likeness (QED) is 0.862. The third kappa shape index (κ3) is 2.45. The van der Waals surface area contributed by atoms with Crippen molar-refractivity contribution in [3.8, 4) is 0 Å². The van der Waals surface area contributed by atoms with E-state index in [1.165, 1.54) is 0 Å². The molecule has 5 heteroatoms. The summed E-state index contributed by atoms with van der Waals surface area (Å²) in [7, 11) is 0. The summed E-state index contributed by atoms with van der Waals surface area (Å²) in [5.74, 6) is -0.706. The lowest BCUT2D eigenvalue weighted by atomic mass is 9.89. The maximum Gasteiger partial charge on any atom is 0.307 e. The number of hydrogen-bond acceptors (Lipinski definition) is 3. The predicted octanol–water partition coefficient (Wildman–Crippen LogP) is 2.05. The Bertz CT molecular complexity index is 434. The molecule has 0 aromatic carbocycles. The van der Waals surface area contributed by atoms with Crippen LogP contribution in [0.3, 0.4) is 0 Å². The van der Waals surface area contributed by atoms with Gasteiger partial charge in [0, 0.05) is 19.7 Å². The summed E-state index contributed by atoms with van der Waals surface area (Å²) >= 11 is 0. The Morgan fingerprint density at radius 2 is 1.81 bits per heavy atom. The number of carbonyl (C=O) groups is 2. The summed E-state index contributed by atoms with van der Waals surface area (Å²) in [5, 5.41) is 9.13. The van der Waals surface area contributed by atoms with E-state index in [4.69, 9.17) is 9.84 Å². The van der Waals surface area contributed by atoms with Crippen LogP contribution in [-0.4, -0.2) is 47.2 Å². The molecule has 1 heterocycles. The van der Waals surface area contributed by atoms with Gasteiger partial charge in [0.25, 0.3) is 5.91 Å². The van der Waals surface area contributed by atoms with Crippen molar-refractivity contribution in [3.63, 3.8) is 0 Å². The Labute approximate surface area is 125 Å². The van der Waals surface area contributed by atoms with Crippen molar-refractivity contribution in [1.82, 2.24) is 4.90 Å². The molecule has 0 radical (unpaired) electrons. The summed E-state index contributed by atoms with van der Waals surface area (Å²) in [4.78, 5) is 25.9. The Morgan fingerprint density at radius 3 is 2.29 bits per heavy atom. The molecule has 1 saturated heterocycles. The number of amides is 1. The molecule has 2 aliphatic carbocycles. The van der Waals surface area contributed by atoms with Crippen molar-refractivity contribution in [3.05, 3.63) is 0 Å². The Balaban J connectivity index is 1.61. The molecule has 1 amide bonds. The minimum absolute atomic E-state index is 0.0168. The lowest BCUT2D eigenvalue weighted by Gasteiger charge is -2.38. The second-order valence-electron chi connectivity index (χ2n) is 6.88. The minimum atomic E-state index is -0.670. The van der Waals surface area contributed by atoms with Crippen LogP contribution in [-0.2, 0) is 14.3 Å². The number of hydrogen-bond donors (Lipinski definition) is 1. The van der Waals surface area contributed by atoms with Crippen molar-refractivity contribution >= 4 is 11.9 Å². The normalized spacial score (nSPS) is 29.6. The summed E-state index contributed by atoms with van der Waals surface area (Å²) in [6.45, 7) is 3.90. The van der Waals surface area contributed by atoms with E-state index in [2.05, 4.69) is 0 Å². The molecule has 1 unspecified atom stereocenters. The number of carbonyl (C=O) groups excluding carboxylic acids is 1. The van der Waals surface area contributed by atoms with E-state index in [0.717, 1.165) is 44.9 Å². The third-order valence-corrected chi connectivity index (χ3v) is 5.76. The molecular weight excluding hydrogens is 270 g/mol. The lowest BCUT2D eigenvalue weighted by molar-refractivity contribution is -0.159. The molecule has 1 aliphatic heterocycles. The van der Waals surface area contributed by atoms with Gasteiger partial charge in [0.2, 0.25) is 0 Å². The van der Waals surface area contributed by atoms with Crippen LogP contribution in [0, 0.1) is 11.3 Å². The van der Waals surface area contributed by atoms with Gasteiger partial charge in [0.1, 0.15) is 5.60 Å². The van der Waals surface area contributed by atoms with Crippen LogP contribution in [0.1, 0.15) is 51.9 Å². The van der Waals surface area contributed by atoms with Gasteiger partial charge >= 0.3 is 5.97 Å². The lowest BCUT2D eigenvalue weighted by Crippen LogP contribution is -2.52. The zero-order valence-electron chi connectivity index (χ0n) is 12.8. The summed E-state index contributed by atoms with van der Waals surface area (Å²) in [5.41, 5.74) is -0.605. The molecule has 0 bridgehead atoms. The average molecular weight is 295 g/mol. The van der Waals surface area contributed by atoms with Crippen LogP contribution in [0.15, 0.2) is 0 Å². The fourth-order valence-electron chi connectivity index (χ4n) is 4.34. The molecule has 1 N–H and O–H groups in total. The first-order chi connectivity index (χ1) is 10.0. The number of carboxylic acids is 1. The smallest absolute Gasteiger partial charge is 0.307 e. The topological polar surface area (TPSA) is 66.8 Å². The fraction of sp³-hybridized carbons (Fsp3) is 0.875. The SMILES string of the molecule is CCOC1(C(=O)N2CCC3(CC2)CC3C(=O)O)CCCC1. The van der Waals surface area contributed by atoms with Gasteiger partial charge in [0.05, 0.1) is 5.92 Å². The molecule has 3 rings (SSSR count). The maximum atomic E-state index is 12.8. The van der Waals surface area contributed by atoms with Crippen LogP contribution in [0.4, 0.5) is 0 Å². The van der Waals surface area contributed by atoms with E-state index in [1.54, 1.807) is 0 Å². The van der Waals surface area contributed by atoms with Gasteiger partial charge in [-0.15, -0.1) is 0 Å². The van der Waals surface area contributed by atoms with Crippen molar-refractivity contribution in [2.45, 2.75) is 57.5 Å². The highest BCUT2D eigenvalue weighted by atomic mass is 16.5. The van der Waals surface area contributed by atoms with Gasteiger partial charge in [-0.3, -0.25) is 9.59 Å². The number of carboxylic acid groups (broad SMARTS) is 1. The molecular formula is C16H25NO4. The molecule has 0 aromatic rings. The van der Waals surface area contributed by atoms with Crippen molar-refractivity contribution in [2.24, 2.45) is 11.3 Å². The molecule has 1 spiro atoms. The number of piperidine rings is 1. The van der Waals surface area contributed by atoms with E-state index in [0.29, 0.717) is 19.7 Å². The molecule has 5 nitrogen and oxygen atoms in total. The number of rotatable bonds is 4. The number of ether oxygens (including phenoxy) is 1. The fourth-order valence-corrected chi connectivity index (χ4v) is 4.34. The highest BCUT2D eigenvalue weighted by Gasteiger charge is 2.59. The van der Waals surface area contributed by atoms with Crippen LogP contribution in [0.2, 0.25) is 0 Å². The summed E-state index contributed by atoms with van der Waals surface area (Å²) in [6, 6.07) is 0. The third-order valence-electron chi connectivity index (χ3n) is 5.76. The van der Waals surface area contributed by atoms with Crippen LogP contribution in [0.25, 0.3) is 0 Å². The van der Waals surface area contributed by atoms with E-state index < -0.39 is 11.6 Å². The Kier molecular flexibility index (Phi) is 3.72. The summed E-state index contributed by atoms with van der Waals surface area (Å²) < 4.78 is 5.85. The molecule has 3 fully saturated rings. The van der Waals surface area contributed by atoms with Crippen molar-refractivity contribution in [1.29, 1.82) is 0 Å². The number of likely N-dealkylation sites (tertiary alicyclic amines) is 1. The zero-order valence-corrected chi connectivity index (χ0v) is 12.8. The Hall–Kier alpha value is -1.10.